The Morgan fingerprint density at radius 2 is 2.06 bits per heavy atom. The zero-order valence-electron chi connectivity index (χ0n) is 9.34. The van der Waals surface area contributed by atoms with Gasteiger partial charge in [-0.25, -0.2) is 13.8 Å². The lowest BCUT2D eigenvalue weighted by molar-refractivity contribution is 0.575. The third-order valence-corrected chi connectivity index (χ3v) is 3.53. The van der Waals surface area contributed by atoms with Crippen LogP contribution in [0.15, 0.2) is 24.4 Å². The summed E-state index contributed by atoms with van der Waals surface area (Å²) in [5.74, 6) is -1.26. The largest absolute Gasteiger partial charge is 0.363 e. The lowest BCUT2D eigenvalue weighted by atomic mass is 10.3. The monoisotopic (exact) mass is 254 g/mol. The van der Waals surface area contributed by atoms with Crippen LogP contribution in [0.3, 0.4) is 0 Å². The van der Waals surface area contributed by atoms with Crippen LogP contribution in [0.1, 0.15) is 16.7 Å². The van der Waals surface area contributed by atoms with Gasteiger partial charge in [0.2, 0.25) is 0 Å². The van der Waals surface area contributed by atoms with E-state index in [9.17, 15) is 8.78 Å². The van der Waals surface area contributed by atoms with Crippen molar-refractivity contribution in [3.8, 4) is 0 Å². The van der Waals surface area contributed by atoms with Gasteiger partial charge in [0.1, 0.15) is 5.82 Å². The molecule has 0 aliphatic heterocycles. The van der Waals surface area contributed by atoms with E-state index in [0.717, 1.165) is 23.6 Å². The van der Waals surface area contributed by atoms with E-state index in [1.807, 2.05) is 6.07 Å². The molecule has 0 atom stereocenters. The molecular weight excluding hydrogens is 242 g/mol. The highest BCUT2D eigenvalue weighted by Gasteiger charge is 2.05. The van der Waals surface area contributed by atoms with Crippen LogP contribution in [0.5, 0.6) is 0 Å². The first-order valence-corrected chi connectivity index (χ1v) is 6.13. The molecule has 0 fully saturated rings. The molecule has 0 bridgehead atoms. The lowest BCUT2D eigenvalue weighted by Gasteiger charge is -2.04. The zero-order valence-corrected chi connectivity index (χ0v) is 10.2. The first-order chi connectivity index (χ1) is 8.19. The van der Waals surface area contributed by atoms with Crippen LogP contribution >= 0.6 is 11.3 Å². The smallest absolute Gasteiger partial charge is 0.168 e. The van der Waals surface area contributed by atoms with E-state index in [-0.39, 0.29) is 5.82 Å². The highest BCUT2D eigenvalue weighted by molar-refractivity contribution is 7.12. The highest BCUT2D eigenvalue weighted by Crippen LogP contribution is 2.19. The van der Waals surface area contributed by atoms with Gasteiger partial charge in [0, 0.05) is 15.8 Å². The van der Waals surface area contributed by atoms with Gasteiger partial charge in [-0.15, -0.1) is 11.3 Å². The molecule has 0 aliphatic rings. The Morgan fingerprint density at radius 1 is 1.29 bits per heavy atom. The van der Waals surface area contributed by atoms with Gasteiger partial charge < -0.3 is 5.32 Å². The molecule has 0 aromatic carbocycles. The van der Waals surface area contributed by atoms with E-state index in [0.29, 0.717) is 6.54 Å². The summed E-state index contributed by atoms with van der Waals surface area (Å²) in [5.41, 5.74) is 0. The van der Waals surface area contributed by atoms with Crippen molar-refractivity contribution >= 4 is 17.2 Å². The number of halogens is 2. The minimum Gasteiger partial charge on any atom is -0.363 e. The van der Waals surface area contributed by atoms with Gasteiger partial charge in [0.05, 0.1) is 12.7 Å². The molecule has 0 spiro atoms. The molecule has 0 radical (unpaired) electrons. The maximum absolute atomic E-state index is 13.3. The van der Waals surface area contributed by atoms with Crippen LogP contribution in [0.25, 0.3) is 0 Å². The summed E-state index contributed by atoms with van der Waals surface area (Å²) >= 11 is 1.67. The molecular formula is C12H12F2N2S. The van der Waals surface area contributed by atoms with Gasteiger partial charge in [0.15, 0.2) is 11.6 Å². The number of pyridine rings is 1. The molecule has 0 amide bonds. The second kappa shape index (κ2) is 5.23. The first kappa shape index (κ1) is 12.0. The minimum absolute atomic E-state index is 0.0813. The van der Waals surface area contributed by atoms with Crippen molar-refractivity contribution in [2.24, 2.45) is 0 Å². The average Bonchev–Trinajstić information content (AvgIpc) is 2.76. The van der Waals surface area contributed by atoms with E-state index < -0.39 is 11.6 Å². The topological polar surface area (TPSA) is 24.9 Å². The van der Waals surface area contributed by atoms with Crippen molar-refractivity contribution in [2.75, 3.05) is 5.32 Å². The molecule has 5 heteroatoms. The second-order valence-corrected chi connectivity index (χ2v) is 4.81. The van der Waals surface area contributed by atoms with Crippen molar-refractivity contribution in [3.05, 3.63) is 45.8 Å². The summed E-state index contributed by atoms with van der Waals surface area (Å²) in [6.45, 7) is 2.59. The van der Waals surface area contributed by atoms with Gasteiger partial charge in [0.25, 0.3) is 0 Å². The van der Waals surface area contributed by atoms with Crippen LogP contribution in [-0.2, 0) is 13.0 Å². The number of rotatable bonds is 4. The van der Waals surface area contributed by atoms with E-state index in [1.54, 1.807) is 11.3 Å². The summed E-state index contributed by atoms with van der Waals surface area (Å²) < 4.78 is 25.9. The molecule has 1 N–H and O–H groups in total. The molecule has 2 aromatic heterocycles. The molecule has 0 saturated heterocycles. The van der Waals surface area contributed by atoms with E-state index in [1.165, 1.54) is 4.88 Å². The predicted octanol–water partition coefficient (Wildman–Crippen LogP) is 3.60. The number of nitrogens with zero attached hydrogens (tertiary/aromatic N) is 1. The molecule has 2 rings (SSSR count). The minimum atomic E-state index is -0.669. The van der Waals surface area contributed by atoms with Gasteiger partial charge in [-0.05, 0) is 18.6 Å². The SMILES string of the molecule is CCc1ccc(CNc2ncc(F)cc2F)s1. The second-order valence-electron chi connectivity index (χ2n) is 3.56. The van der Waals surface area contributed by atoms with Gasteiger partial charge in [-0.3, -0.25) is 0 Å². The van der Waals surface area contributed by atoms with E-state index >= 15 is 0 Å². The van der Waals surface area contributed by atoms with E-state index in [4.69, 9.17) is 0 Å². The standard InChI is InChI=1S/C12H12F2N2S/c1-2-9-3-4-10(17-9)7-16-12-11(14)5-8(13)6-15-12/h3-6H,2,7H2,1H3,(H,15,16). The van der Waals surface area contributed by atoms with Crippen LogP contribution in [-0.4, -0.2) is 4.98 Å². The van der Waals surface area contributed by atoms with Crippen LogP contribution in [0.2, 0.25) is 0 Å². The summed E-state index contributed by atoms with van der Waals surface area (Å²) in [7, 11) is 0. The summed E-state index contributed by atoms with van der Waals surface area (Å²) in [6.07, 6.45) is 1.99. The number of aryl methyl sites for hydroxylation is 1. The maximum Gasteiger partial charge on any atom is 0.168 e. The Balaban J connectivity index is 2.02. The van der Waals surface area contributed by atoms with Crippen molar-refractivity contribution in [3.63, 3.8) is 0 Å². The normalized spacial score (nSPS) is 10.5. The Morgan fingerprint density at radius 3 is 2.71 bits per heavy atom. The highest BCUT2D eigenvalue weighted by atomic mass is 32.1. The van der Waals surface area contributed by atoms with Crippen molar-refractivity contribution in [1.82, 2.24) is 4.98 Å². The third-order valence-electron chi connectivity index (χ3n) is 2.30. The van der Waals surface area contributed by atoms with Crippen molar-refractivity contribution in [1.29, 1.82) is 0 Å². The van der Waals surface area contributed by atoms with Crippen molar-refractivity contribution in [2.45, 2.75) is 19.9 Å². The number of thiophene rings is 1. The van der Waals surface area contributed by atoms with Gasteiger partial charge in [-0.1, -0.05) is 6.92 Å². The molecule has 2 heterocycles. The maximum atomic E-state index is 13.3. The Labute approximate surface area is 102 Å². The summed E-state index contributed by atoms with van der Waals surface area (Å²) in [6, 6.07) is 4.87. The average molecular weight is 254 g/mol. The van der Waals surface area contributed by atoms with Gasteiger partial charge >= 0.3 is 0 Å². The van der Waals surface area contributed by atoms with Crippen LogP contribution < -0.4 is 5.32 Å². The molecule has 2 nitrogen and oxygen atoms in total. The molecule has 90 valence electrons. The fourth-order valence-corrected chi connectivity index (χ4v) is 2.32. The lowest BCUT2D eigenvalue weighted by Crippen LogP contribution is -2.02. The molecule has 0 saturated carbocycles. The van der Waals surface area contributed by atoms with Crippen molar-refractivity contribution < 1.29 is 8.78 Å². The summed E-state index contributed by atoms with van der Waals surface area (Å²) in [5, 5.41) is 2.85. The quantitative estimate of drug-likeness (QED) is 0.901. The first-order valence-electron chi connectivity index (χ1n) is 5.31. The molecule has 0 aliphatic carbocycles. The third kappa shape index (κ3) is 3.00. The molecule has 17 heavy (non-hydrogen) atoms. The molecule has 2 aromatic rings. The number of aromatic nitrogens is 1. The van der Waals surface area contributed by atoms with Gasteiger partial charge in [-0.2, -0.15) is 0 Å². The fourth-order valence-electron chi connectivity index (χ4n) is 1.42. The Kier molecular flexibility index (Phi) is 3.68. The molecule has 0 unspecified atom stereocenters. The predicted molar refractivity (Wildman–Crippen MR) is 65.2 cm³/mol. The van der Waals surface area contributed by atoms with Crippen LogP contribution in [0, 0.1) is 11.6 Å². The fraction of sp³-hybridized carbons (Fsp3) is 0.250. The van der Waals surface area contributed by atoms with Crippen LogP contribution in [0.4, 0.5) is 14.6 Å². The number of nitrogens with one attached hydrogen (secondary N) is 1. The number of anilines is 1. The Hall–Kier alpha value is -1.49. The summed E-state index contributed by atoms with van der Waals surface area (Å²) in [4.78, 5) is 6.05. The van der Waals surface area contributed by atoms with E-state index in [2.05, 4.69) is 23.3 Å². The number of hydrogen-bond acceptors (Lipinski definition) is 3. The number of hydrogen-bond donors (Lipinski definition) is 1. The zero-order chi connectivity index (χ0) is 12.3. The Bertz CT molecular complexity index is 511.